The highest BCUT2D eigenvalue weighted by Gasteiger charge is 2.31. The molecule has 5 nitrogen and oxygen atoms in total. The first-order valence-electron chi connectivity index (χ1n) is 8.55. The molecule has 2 aromatic carbocycles. The number of hydrogen-bond acceptors (Lipinski definition) is 5. The average molecular weight is 355 g/mol. The van der Waals surface area contributed by atoms with Gasteiger partial charge in [-0.2, -0.15) is 0 Å². The lowest BCUT2D eigenvalue weighted by Crippen LogP contribution is -2.23. The van der Waals surface area contributed by atoms with Crippen LogP contribution in [0.4, 0.5) is 5.69 Å². The third kappa shape index (κ3) is 3.04. The number of anilines is 1. The van der Waals surface area contributed by atoms with Crippen LogP contribution < -0.4 is 4.90 Å². The summed E-state index contributed by atoms with van der Waals surface area (Å²) in [4.78, 5) is 35.9. The van der Waals surface area contributed by atoms with Crippen LogP contribution in [0.25, 0.3) is 12.2 Å². The van der Waals surface area contributed by atoms with Gasteiger partial charge in [0, 0.05) is 30.9 Å². The topological polar surface area (TPSA) is 63.2 Å². The summed E-state index contributed by atoms with van der Waals surface area (Å²) < 4.78 is 0. The second-order valence-electron chi connectivity index (χ2n) is 6.52. The Bertz CT molecular complexity index is 1080. The molecular weight excluding hydrogens is 338 g/mol. The number of nitrogens with zero attached hydrogens (tertiary/aromatic N) is 3. The van der Waals surface area contributed by atoms with E-state index < -0.39 is 0 Å². The Morgan fingerprint density at radius 2 is 1.44 bits per heavy atom. The Hall–Kier alpha value is -3.60. The second kappa shape index (κ2) is 6.61. The van der Waals surface area contributed by atoms with Crippen molar-refractivity contribution in [1.29, 1.82) is 0 Å². The lowest BCUT2D eigenvalue weighted by Gasteiger charge is -2.15. The lowest BCUT2D eigenvalue weighted by molar-refractivity contribution is 0.0971. The molecule has 1 aliphatic rings. The molecule has 1 heterocycles. The van der Waals surface area contributed by atoms with Gasteiger partial charge in [0.25, 0.3) is 0 Å². The summed E-state index contributed by atoms with van der Waals surface area (Å²) in [5.41, 5.74) is 3.65. The van der Waals surface area contributed by atoms with Gasteiger partial charge in [0.15, 0.2) is 0 Å². The van der Waals surface area contributed by atoms with Crippen LogP contribution in [0, 0.1) is 0 Å². The van der Waals surface area contributed by atoms with Gasteiger partial charge < -0.3 is 4.90 Å². The molecule has 0 N–H and O–H groups in total. The summed E-state index contributed by atoms with van der Waals surface area (Å²) in [6.45, 7) is 0. The van der Waals surface area contributed by atoms with Crippen LogP contribution in [0.15, 0.2) is 54.7 Å². The molecule has 0 amide bonds. The standard InChI is InChI=1S/C22H17N3O2/c1-25(2)16-11-8-14(9-12-16)7-10-15-13-23-19-20(24-15)22(27)18-6-4-3-5-17(18)21(19)26/h3-13H,1-2H3. The van der Waals surface area contributed by atoms with Crippen molar-refractivity contribution >= 4 is 29.4 Å². The maximum absolute atomic E-state index is 12.7. The number of aromatic nitrogens is 2. The maximum Gasteiger partial charge on any atom is 0.214 e. The summed E-state index contributed by atoms with van der Waals surface area (Å²) in [6.07, 6.45) is 5.21. The van der Waals surface area contributed by atoms with Crippen LogP contribution in [0.1, 0.15) is 43.4 Å². The molecular formula is C22H17N3O2. The van der Waals surface area contributed by atoms with E-state index in [-0.39, 0.29) is 23.0 Å². The van der Waals surface area contributed by atoms with Crippen molar-refractivity contribution in [2.45, 2.75) is 0 Å². The van der Waals surface area contributed by atoms with Crippen LogP contribution in [-0.4, -0.2) is 35.6 Å². The van der Waals surface area contributed by atoms with E-state index in [9.17, 15) is 9.59 Å². The number of hydrogen-bond donors (Lipinski definition) is 0. The van der Waals surface area contributed by atoms with Gasteiger partial charge in [-0.3, -0.25) is 9.59 Å². The third-order valence-corrected chi connectivity index (χ3v) is 4.49. The molecule has 0 spiro atoms. The first-order chi connectivity index (χ1) is 13.0. The van der Waals surface area contributed by atoms with Crippen molar-refractivity contribution in [2.75, 3.05) is 19.0 Å². The number of carbonyl (C=O) groups excluding carboxylic acids is 2. The van der Waals surface area contributed by atoms with Gasteiger partial charge in [-0.05, 0) is 23.8 Å². The summed E-state index contributed by atoms with van der Waals surface area (Å²) >= 11 is 0. The Balaban J connectivity index is 1.65. The zero-order valence-electron chi connectivity index (χ0n) is 15.0. The van der Waals surface area contributed by atoms with E-state index in [1.54, 1.807) is 30.3 Å². The molecule has 0 radical (unpaired) electrons. The summed E-state index contributed by atoms with van der Waals surface area (Å²) in [5.74, 6) is -0.527. The first-order valence-corrected chi connectivity index (χ1v) is 8.55. The monoisotopic (exact) mass is 355 g/mol. The number of fused-ring (bicyclic) bond motifs is 2. The Morgan fingerprint density at radius 1 is 0.815 bits per heavy atom. The molecule has 27 heavy (non-hydrogen) atoms. The van der Waals surface area contributed by atoms with Gasteiger partial charge >= 0.3 is 0 Å². The molecule has 0 atom stereocenters. The van der Waals surface area contributed by atoms with Gasteiger partial charge in [-0.25, -0.2) is 9.97 Å². The van der Waals surface area contributed by atoms with Crippen LogP contribution in [0.5, 0.6) is 0 Å². The van der Waals surface area contributed by atoms with Crippen molar-refractivity contribution < 1.29 is 9.59 Å². The van der Waals surface area contributed by atoms with Crippen molar-refractivity contribution in [2.24, 2.45) is 0 Å². The molecule has 4 rings (SSSR count). The molecule has 5 heteroatoms. The average Bonchev–Trinajstić information content (AvgIpc) is 2.70. The van der Waals surface area contributed by atoms with Crippen LogP contribution >= 0.6 is 0 Å². The highest BCUT2D eigenvalue weighted by Crippen LogP contribution is 2.25. The van der Waals surface area contributed by atoms with Gasteiger partial charge in [0.1, 0.15) is 11.4 Å². The van der Waals surface area contributed by atoms with Crippen molar-refractivity contribution in [3.05, 3.63) is 88.5 Å². The maximum atomic E-state index is 12.7. The largest absolute Gasteiger partial charge is 0.378 e. The predicted octanol–water partition coefficient (Wildman–Crippen LogP) is 3.49. The van der Waals surface area contributed by atoms with Gasteiger partial charge in [-0.15, -0.1) is 0 Å². The van der Waals surface area contributed by atoms with Gasteiger partial charge in [0.2, 0.25) is 11.6 Å². The minimum absolute atomic E-state index is 0.115. The zero-order valence-corrected chi connectivity index (χ0v) is 15.0. The quantitative estimate of drug-likeness (QED) is 0.563. The molecule has 0 saturated heterocycles. The van der Waals surface area contributed by atoms with Crippen molar-refractivity contribution in [3.63, 3.8) is 0 Å². The zero-order chi connectivity index (χ0) is 19.0. The number of carbonyl (C=O) groups is 2. The normalized spacial score (nSPS) is 12.8. The fourth-order valence-corrected chi connectivity index (χ4v) is 3.01. The number of rotatable bonds is 3. The van der Waals surface area contributed by atoms with Gasteiger partial charge in [0.05, 0.1) is 11.9 Å². The molecule has 1 aromatic heterocycles. The fourth-order valence-electron chi connectivity index (χ4n) is 3.01. The molecule has 0 unspecified atom stereocenters. The minimum atomic E-state index is -0.265. The Kier molecular flexibility index (Phi) is 4.12. The van der Waals surface area contributed by atoms with E-state index in [1.807, 2.05) is 49.3 Å². The van der Waals surface area contributed by atoms with E-state index in [0.717, 1.165) is 11.3 Å². The highest BCUT2D eigenvalue weighted by molar-refractivity contribution is 6.26. The van der Waals surface area contributed by atoms with Crippen molar-refractivity contribution in [1.82, 2.24) is 9.97 Å². The van der Waals surface area contributed by atoms with Crippen LogP contribution in [0.2, 0.25) is 0 Å². The summed E-state index contributed by atoms with van der Waals surface area (Å²) in [6, 6.07) is 14.8. The minimum Gasteiger partial charge on any atom is -0.378 e. The van der Waals surface area contributed by atoms with Crippen LogP contribution in [0.3, 0.4) is 0 Å². The van der Waals surface area contributed by atoms with E-state index in [0.29, 0.717) is 16.8 Å². The lowest BCUT2D eigenvalue weighted by atomic mass is 9.90. The molecule has 1 aliphatic carbocycles. The van der Waals surface area contributed by atoms with E-state index in [4.69, 9.17) is 0 Å². The fraction of sp³-hybridized carbons (Fsp3) is 0.0909. The summed E-state index contributed by atoms with van der Waals surface area (Å²) in [7, 11) is 3.98. The number of ketones is 2. The summed E-state index contributed by atoms with van der Waals surface area (Å²) in [5, 5.41) is 0. The van der Waals surface area contributed by atoms with Crippen LogP contribution in [-0.2, 0) is 0 Å². The SMILES string of the molecule is CN(C)c1ccc(C=Cc2cnc3c(n2)C(=O)c2ccccc2C3=O)cc1. The van der Waals surface area contributed by atoms with E-state index >= 15 is 0 Å². The van der Waals surface area contributed by atoms with E-state index in [1.165, 1.54) is 6.20 Å². The second-order valence-corrected chi connectivity index (χ2v) is 6.52. The Morgan fingerprint density at radius 3 is 2.07 bits per heavy atom. The molecule has 0 fully saturated rings. The molecule has 3 aromatic rings. The van der Waals surface area contributed by atoms with Crippen molar-refractivity contribution in [3.8, 4) is 0 Å². The third-order valence-electron chi connectivity index (χ3n) is 4.49. The molecule has 0 saturated carbocycles. The highest BCUT2D eigenvalue weighted by atomic mass is 16.1. The van der Waals surface area contributed by atoms with Gasteiger partial charge in [-0.1, -0.05) is 42.5 Å². The Labute approximate surface area is 157 Å². The molecule has 0 aliphatic heterocycles. The first kappa shape index (κ1) is 16.8. The predicted molar refractivity (Wildman–Crippen MR) is 105 cm³/mol. The van der Waals surface area contributed by atoms with E-state index in [2.05, 4.69) is 9.97 Å². The molecule has 132 valence electrons. The molecule has 0 bridgehead atoms. The smallest absolute Gasteiger partial charge is 0.214 e. The number of benzene rings is 2.